The molecule has 0 aliphatic rings. The first-order chi connectivity index (χ1) is 4.62. The molecule has 0 saturated heterocycles. The van der Waals surface area contributed by atoms with Gasteiger partial charge in [-0.15, -0.1) is 11.8 Å². The van der Waals surface area contributed by atoms with E-state index in [1.165, 1.54) is 0 Å². The number of hydrogen-bond acceptors (Lipinski definition) is 2. The molecular weight excluding hydrogens is 128 g/mol. The van der Waals surface area contributed by atoms with Crippen LogP contribution in [0.15, 0.2) is 0 Å². The van der Waals surface area contributed by atoms with Gasteiger partial charge in [0.2, 0.25) is 0 Å². The highest BCUT2D eigenvalue weighted by molar-refractivity contribution is 5.00. The van der Waals surface area contributed by atoms with Crippen LogP contribution in [0.1, 0.15) is 20.3 Å². The first-order valence-electron chi connectivity index (χ1n) is 3.23. The fraction of sp³-hybridized carbons (Fsp3) is 0.750. The topological polar surface area (TPSA) is 29.5 Å². The minimum atomic E-state index is -0.794. The Morgan fingerprint density at radius 3 is 2.60 bits per heavy atom. The van der Waals surface area contributed by atoms with Crippen LogP contribution in [-0.4, -0.2) is 24.4 Å². The minimum Gasteiger partial charge on any atom is -0.387 e. The van der Waals surface area contributed by atoms with Crippen LogP contribution in [0.5, 0.6) is 0 Å². The number of ether oxygens (including phenoxy) is 1. The lowest BCUT2D eigenvalue weighted by Gasteiger charge is -2.18. The van der Waals surface area contributed by atoms with E-state index >= 15 is 0 Å². The van der Waals surface area contributed by atoms with Crippen LogP contribution in [0.25, 0.3) is 0 Å². The fourth-order valence-corrected chi connectivity index (χ4v) is 0.641. The molecule has 0 aliphatic heterocycles. The van der Waals surface area contributed by atoms with Gasteiger partial charge in [-0.1, -0.05) is 0 Å². The van der Waals surface area contributed by atoms with E-state index in [1.807, 2.05) is 0 Å². The molecule has 0 aliphatic carbocycles. The Labute approximate surface area is 62.2 Å². The zero-order chi connectivity index (χ0) is 8.04. The molecular formula is C8H14O2. The first kappa shape index (κ1) is 9.48. The summed E-state index contributed by atoms with van der Waals surface area (Å²) < 4.78 is 4.79. The van der Waals surface area contributed by atoms with Gasteiger partial charge >= 0.3 is 0 Å². The van der Waals surface area contributed by atoms with Gasteiger partial charge in [0.15, 0.2) is 0 Å². The second-order valence-electron chi connectivity index (χ2n) is 2.53. The third-order valence-electron chi connectivity index (χ3n) is 1.10. The van der Waals surface area contributed by atoms with E-state index in [2.05, 4.69) is 11.8 Å². The predicted octanol–water partition coefficient (Wildman–Crippen LogP) is 0.797. The third kappa shape index (κ3) is 4.37. The molecule has 0 rings (SSSR count). The largest absolute Gasteiger partial charge is 0.387 e. The van der Waals surface area contributed by atoms with Gasteiger partial charge in [0.05, 0.1) is 12.2 Å². The van der Waals surface area contributed by atoms with Crippen molar-refractivity contribution in [3.05, 3.63) is 0 Å². The summed E-state index contributed by atoms with van der Waals surface area (Å²) in [5.74, 6) is 5.51. The summed E-state index contributed by atoms with van der Waals surface area (Å²) in [6.45, 7) is 3.80. The number of aliphatic hydroxyl groups is 1. The molecule has 0 aromatic rings. The zero-order valence-corrected chi connectivity index (χ0v) is 6.77. The molecule has 0 spiro atoms. The average molecular weight is 142 g/mol. The Balaban J connectivity index is 3.70. The Morgan fingerprint density at radius 1 is 1.60 bits per heavy atom. The summed E-state index contributed by atoms with van der Waals surface area (Å²) in [5.41, 5.74) is -0.794. The molecule has 0 saturated carbocycles. The predicted molar refractivity (Wildman–Crippen MR) is 40.6 cm³/mol. The van der Waals surface area contributed by atoms with Gasteiger partial charge in [0, 0.05) is 13.5 Å². The average Bonchev–Trinajstić information content (AvgIpc) is 1.84. The van der Waals surface area contributed by atoms with Crippen molar-refractivity contribution in [1.82, 2.24) is 0 Å². The lowest BCUT2D eigenvalue weighted by Crippen LogP contribution is -2.29. The molecule has 0 amide bonds. The Bertz CT molecular complexity index is 139. The molecule has 0 aromatic carbocycles. The molecule has 58 valence electrons. The zero-order valence-electron chi connectivity index (χ0n) is 6.77. The first-order valence-corrected chi connectivity index (χ1v) is 3.23. The lowest BCUT2D eigenvalue weighted by atomic mass is 10.1. The summed E-state index contributed by atoms with van der Waals surface area (Å²) in [5, 5.41) is 9.42. The molecule has 1 unspecified atom stereocenters. The van der Waals surface area contributed by atoms with Gasteiger partial charge in [0.1, 0.15) is 0 Å². The number of hydrogen-bond donors (Lipinski definition) is 1. The smallest absolute Gasteiger partial charge is 0.0960 e. The summed E-state index contributed by atoms with van der Waals surface area (Å²) in [4.78, 5) is 0. The number of methoxy groups -OCH3 is 1. The molecule has 1 atom stereocenters. The number of rotatable bonds is 3. The quantitative estimate of drug-likeness (QED) is 0.590. The molecule has 0 aromatic heterocycles. The lowest BCUT2D eigenvalue weighted by molar-refractivity contribution is -0.0126. The van der Waals surface area contributed by atoms with Crippen LogP contribution < -0.4 is 0 Å². The van der Waals surface area contributed by atoms with Gasteiger partial charge in [-0.2, -0.15) is 0 Å². The van der Waals surface area contributed by atoms with Gasteiger partial charge < -0.3 is 9.84 Å². The van der Waals surface area contributed by atoms with Crippen LogP contribution in [0, 0.1) is 11.8 Å². The Hall–Kier alpha value is -0.520. The Kier molecular flexibility index (Phi) is 4.10. The van der Waals surface area contributed by atoms with Crippen LogP contribution in [0.4, 0.5) is 0 Å². The van der Waals surface area contributed by atoms with Gasteiger partial charge in [0.25, 0.3) is 0 Å². The highest BCUT2D eigenvalue weighted by Crippen LogP contribution is 2.07. The molecule has 0 fully saturated rings. The maximum atomic E-state index is 9.42. The maximum Gasteiger partial charge on any atom is 0.0960 e. The van der Waals surface area contributed by atoms with E-state index in [4.69, 9.17) is 4.74 Å². The summed E-state index contributed by atoms with van der Waals surface area (Å²) in [6.07, 6.45) is 0.470. The van der Waals surface area contributed by atoms with E-state index in [9.17, 15) is 5.11 Å². The van der Waals surface area contributed by atoms with Crippen LogP contribution in [0.3, 0.4) is 0 Å². The second kappa shape index (κ2) is 4.32. The van der Waals surface area contributed by atoms with Crippen LogP contribution in [0.2, 0.25) is 0 Å². The van der Waals surface area contributed by atoms with Gasteiger partial charge in [-0.25, -0.2) is 0 Å². The van der Waals surface area contributed by atoms with Crippen molar-refractivity contribution in [3.8, 4) is 11.8 Å². The molecule has 2 nitrogen and oxygen atoms in total. The van der Waals surface area contributed by atoms with Crippen molar-refractivity contribution in [2.24, 2.45) is 0 Å². The van der Waals surface area contributed by atoms with E-state index < -0.39 is 5.60 Å². The van der Waals surface area contributed by atoms with Crippen LogP contribution in [-0.2, 0) is 4.74 Å². The highest BCUT2D eigenvalue weighted by Gasteiger charge is 2.17. The molecule has 0 heterocycles. The molecule has 10 heavy (non-hydrogen) atoms. The van der Waals surface area contributed by atoms with Crippen LogP contribution >= 0.6 is 0 Å². The minimum absolute atomic E-state index is 0.335. The molecule has 2 heteroatoms. The van der Waals surface area contributed by atoms with Crippen molar-refractivity contribution in [1.29, 1.82) is 0 Å². The summed E-state index contributed by atoms with van der Waals surface area (Å²) in [7, 11) is 1.56. The van der Waals surface area contributed by atoms with Crippen molar-refractivity contribution >= 4 is 0 Å². The normalized spacial score (nSPS) is 15.2. The highest BCUT2D eigenvalue weighted by atomic mass is 16.5. The molecule has 0 radical (unpaired) electrons. The summed E-state index contributed by atoms with van der Waals surface area (Å²) >= 11 is 0. The Morgan fingerprint density at radius 2 is 2.20 bits per heavy atom. The fourth-order valence-electron chi connectivity index (χ4n) is 0.641. The standard InChI is InChI=1S/C8H14O2/c1-4-5-6-8(2,9)7-10-3/h9H,6-7H2,1-3H3. The monoisotopic (exact) mass is 142 g/mol. The van der Waals surface area contributed by atoms with Crippen molar-refractivity contribution in [2.45, 2.75) is 25.9 Å². The third-order valence-corrected chi connectivity index (χ3v) is 1.10. The van der Waals surface area contributed by atoms with E-state index in [0.717, 1.165) is 0 Å². The van der Waals surface area contributed by atoms with Crippen molar-refractivity contribution in [3.63, 3.8) is 0 Å². The van der Waals surface area contributed by atoms with Crippen molar-refractivity contribution in [2.75, 3.05) is 13.7 Å². The van der Waals surface area contributed by atoms with E-state index in [-0.39, 0.29) is 0 Å². The molecule has 1 N–H and O–H groups in total. The summed E-state index contributed by atoms with van der Waals surface area (Å²) in [6, 6.07) is 0. The van der Waals surface area contributed by atoms with E-state index in [1.54, 1.807) is 21.0 Å². The van der Waals surface area contributed by atoms with Gasteiger partial charge in [-0.05, 0) is 13.8 Å². The second-order valence-corrected chi connectivity index (χ2v) is 2.53. The molecule has 0 bridgehead atoms. The SMILES string of the molecule is CC#CCC(C)(O)COC. The van der Waals surface area contributed by atoms with Crippen molar-refractivity contribution < 1.29 is 9.84 Å². The van der Waals surface area contributed by atoms with E-state index in [0.29, 0.717) is 13.0 Å². The van der Waals surface area contributed by atoms with Gasteiger partial charge in [-0.3, -0.25) is 0 Å². The maximum absolute atomic E-state index is 9.42.